The van der Waals surface area contributed by atoms with E-state index >= 15 is 0 Å². The SMILES string of the molecule is CCCCC(C(N)=O)N(CC(F)(F)F)c1ccc(C#N)c(C(F)(F)F)c1. The second kappa shape index (κ2) is 8.29. The molecule has 4 nitrogen and oxygen atoms in total. The number of hydrogen-bond donors (Lipinski definition) is 1. The molecule has 0 aliphatic heterocycles. The maximum absolute atomic E-state index is 13.1. The fourth-order valence-electron chi connectivity index (χ4n) is 2.47. The summed E-state index contributed by atoms with van der Waals surface area (Å²) >= 11 is 0. The molecule has 0 fully saturated rings. The van der Waals surface area contributed by atoms with E-state index < -0.39 is 47.7 Å². The first-order valence-electron chi connectivity index (χ1n) is 7.64. The number of anilines is 1. The first kappa shape index (κ1) is 21.6. The van der Waals surface area contributed by atoms with E-state index in [-0.39, 0.29) is 6.42 Å². The summed E-state index contributed by atoms with van der Waals surface area (Å²) in [7, 11) is 0. The van der Waals surface area contributed by atoms with Gasteiger partial charge in [0, 0.05) is 5.69 Å². The summed E-state index contributed by atoms with van der Waals surface area (Å²) in [5.74, 6) is -1.07. The van der Waals surface area contributed by atoms with Gasteiger partial charge >= 0.3 is 12.4 Å². The molecule has 0 radical (unpaired) electrons. The van der Waals surface area contributed by atoms with Crippen LogP contribution in [0.4, 0.5) is 32.0 Å². The predicted octanol–water partition coefficient (Wildman–Crippen LogP) is 3.99. The van der Waals surface area contributed by atoms with Gasteiger partial charge in [-0.3, -0.25) is 4.79 Å². The van der Waals surface area contributed by atoms with Crippen molar-refractivity contribution in [3.63, 3.8) is 0 Å². The van der Waals surface area contributed by atoms with Crippen LogP contribution in [-0.2, 0) is 11.0 Å². The van der Waals surface area contributed by atoms with Crippen LogP contribution in [0.1, 0.15) is 37.3 Å². The Hall–Kier alpha value is -2.44. The number of benzene rings is 1. The van der Waals surface area contributed by atoms with Gasteiger partial charge in [0.05, 0.1) is 17.2 Å². The number of nitriles is 1. The van der Waals surface area contributed by atoms with Crippen LogP contribution in [0.3, 0.4) is 0 Å². The van der Waals surface area contributed by atoms with Crippen molar-refractivity contribution in [3.05, 3.63) is 29.3 Å². The van der Waals surface area contributed by atoms with E-state index in [0.29, 0.717) is 23.8 Å². The van der Waals surface area contributed by atoms with Crippen LogP contribution in [0.2, 0.25) is 0 Å². The van der Waals surface area contributed by atoms with Gasteiger partial charge in [0.1, 0.15) is 12.6 Å². The Labute approximate surface area is 146 Å². The fraction of sp³-hybridized carbons (Fsp3) is 0.500. The summed E-state index contributed by atoms with van der Waals surface area (Å²) in [6, 6.07) is 2.08. The van der Waals surface area contributed by atoms with E-state index in [1.807, 2.05) is 0 Å². The minimum absolute atomic E-state index is 0.0384. The summed E-state index contributed by atoms with van der Waals surface area (Å²) in [6.07, 6.45) is -8.82. The molecule has 0 aromatic heterocycles. The van der Waals surface area contributed by atoms with Gasteiger partial charge in [-0.1, -0.05) is 19.8 Å². The van der Waals surface area contributed by atoms with Crippen molar-refractivity contribution in [2.75, 3.05) is 11.4 Å². The van der Waals surface area contributed by atoms with Gasteiger partial charge in [0.2, 0.25) is 5.91 Å². The maximum atomic E-state index is 13.1. The van der Waals surface area contributed by atoms with Gasteiger partial charge in [0.25, 0.3) is 0 Å². The molecule has 26 heavy (non-hydrogen) atoms. The standard InChI is InChI=1S/C16H17F6N3O/c1-2-3-4-13(14(24)26)25(9-15(17,18)19)11-6-5-10(8-23)12(7-11)16(20,21)22/h5-7,13H,2-4,9H2,1H3,(H2,24,26). The van der Waals surface area contributed by atoms with Crippen LogP contribution < -0.4 is 10.6 Å². The summed E-state index contributed by atoms with van der Waals surface area (Å²) in [5.41, 5.74) is 2.62. The van der Waals surface area contributed by atoms with Gasteiger partial charge < -0.3 is 10.6 Å². The molecule has 1 atom stereocenters. The van der Waals surface area contributed by atoms with E-state index in [4.69, 9.17) is 11.0 Å². The molecule has 0 bridgehead atoms. The number of unbranched alkanes of at least 4 members (excludes halogenated alkanes) is 1. The Kier molecular flexibility index (Phi) is 6.89. The number of nitrogens with zero attached hydrogens (tertiary/aromatic N) is 2. The topological polar surface area (TPSA) is 70.1 Å². The molecule has 0 aliphatic rings. The quantitative estimate of drug-likeness (QED) is 0.726. The van der Waals surface area contributed by atoms with Gasteiger partial charge in [-0.05, 0) is 24.6 Å². The Morgan fingerprint density at radius 1 is 1.27 bits per heavy atom. The van der Waals surface area contributed by atoms with Crippen LogP contribution in [0.25, 0.3) is 0 Å². The van der Waals surface area contributed by atoms with Crippen LogP contribution in [0, 0.1) is 11.3 Å². The average molecular weight is 381 g/mol. The van der Waals surface area contributed by atoms with Crippen molar-refractivity contribution >= 4 is 11.6 Å². The summed E-state index contributed by atoms with van der Waals surface area (Å²) in [5, 5.41) is 8.79. The van der Waals surface area contributed by atoms with Gasteiger partial charge in [-0.2, -0.15) is 31.6 Å². The highest BCUT2D eigenvalue weighted by Crippen LogP contribution is 2.36. The highest BCUT2D eigenvalue weighted by Gasteiger charge is 2.38. The third kappa shape index (κ3) is 5.82. The number of primary amides is 1. The van der Waals surface area contributed by atoms with Crippen molar-refractivity contribution in [2.45, 2.75) is 44.6 Å². The van der Waals surface area contributed by atoms with Crippen molar-refractivity contribution < 1.29 is 31.1 Å². The minimum atomic E-state index is -4.93. The number of amides is 1. The number of carbonyl (C=O) groups is 1. The third-order valence-electron chi connectivity index (χ3n) is 3.65. The smallest absolute Gasteiger partial charge is 0.368 e. The third-order valence-corrected chi connectivity index (χ3v) is 3.65. The molecule has 1 rings (SSSR count). The number of alkyl halides is 6. The van der Waals surface area contributed by atoms with Gasteiger partial charge in [0.15, 0.2) is 0 Å². The lowest BCUT2D eigenvalue weighted by molar-refractivity contribution is -0.137. The highest BCUT2D eigenvalue weighted by molar-refractivity contribution is 5.83. The summed E-state index contributed by atoms with van der Waals surface area (Å²) < 4.78 is 78.1. The predicted molar refractivity (Wildman–Crippen MR) is 82.1 cm³/mol. The van der Waals surface area contributed by atoms with Crippen molar-refractivity contribution in [1.29, 1.82) is 5.26 Å². The van der Waals surface area contributed by atoms with E-state index in [9.17, 15) is 31.1 Å². The molecule has 1 amide bonds. The second-order valence-electron chi connectivity index (χ2n) is 5.64. The Morgan fingerprint density at radius 2 is 1.88 bits per heavy atom. The number of rotatable bonds is 7. The van der Waals surface area contributed by atoms with Crippen molar-refractivity contribution in [1.82, 2.24) is 0 Å². The normalized spacial score (nSPS) is 13.2. The Bertz CT molecular complexity index is 678. The molecule has 1 aromatic carbocycles. The summed E-state index contributed by atoms with van der Waals surface area (Å²) in [4.78, 5) is 12.2. The Balaban J connectivity index is 3.47. The molecule has 144 valence electrons. The summed E-state index contributed by atoms with van der Waals surface area (Å²) in [6.45, 7) is 0.100. The molecule has 0 saturated carbocycles. The van der Waals surface area contributed by atoms with Gasteiger partial charge in [-0.25, -0.2) is 0 Å². The Morgan fingerprint density at radius 3 is 2.31 bits per heavy atom. The molecular weight excluding hydrogens is 364 g/mol. The molecule has 0 spiro atoms. The lowest BCUT2D eigenvalue weighted by Gasteiger charge is -2.33. The maximum Gasteiger partial charge on any atom is 0.417 e. The molecule has 0 saturated heterocycles. The molecule has 0 aliphatic carbocycles. The molecule has 1 unspecified atom stereocenters. The first-order valence-corrected chi connectivity index (χ1v) is 7.64. The van der Waals surface area contributed by atoms with Crippen LogP contribution in [0.5, 0.6) is 0 Å². The van der Waals surface area contributed by atoms with Crippen LogP contribution >= 0.6 is 0 Å². The van der Waals surface area contributed by atoms with E-state index in [1.165, 1.54) is 6.07 Å². The molecule has 10 heteroatoms. The zero-order valence-electron chi connectivity index (χ0n) is 13.8. The lowest BCUT2D eigenvalue weighted by Crippen LogP contribution is -2.49. The number of carbonyl (C=O) groups excluding carboxylic acids is 1. The number of nitrogens with two attached hydrogens (primary N) is 1. The number of halogens is 6. The molecule has 2 N–H and O–H groups in total. The second-order valence-corrected chi connectivity index (χ2v) is 5.64. The van der Waals surface area contributed by atoms with Gasteiger partial charge in [-0.15, -0.1) is 0 Å². The monoisotopic (exact) mass is 381 g/mol. The molecular formula is C16H17F6N3O. The zero-order valence-corrected chi connectivity index (χ0v) is 13.8. The van der Waals surface area contributed by atoms with Crippen LogP contribution in [0.15, 0.2) is 18.2 Å². The number of hydrogen-bond acceptors (Lipinski definition) is 3. The lowest BCUT2D eigenvalue weighted by atomic mass is 10.0. The molecule has 1 aromatic rings. The van der Waals surface area contributed by atoms with Crippen molar-refractivity contribution in [2.24, 2.45) is 5.73 Å². The van der Waals surface area contributed by atoms with E-state index in [2.05, 4.69) is 0 Å². The molecule has 0 heterocycles. The first-order chi connectivity index (χ1) is 11.9. The minimum Gasteiger partial charge on any atom is -0.368 e. The highest BCUT2D eigenvalue weighted by atomic mass is 19.4. The fourth-order valence-corrected chi connectivity index (χ4v) is 2.47. The van der Waals surface area contributed by atoms with Crippen molar-refractivity contribution in [3.8, 4) is 6.07 Å². The average Bonchev–Trinajstić information content (AvgIpc) is 2.51. The van der Waals surface area contributed by atoms with E-state index in [0.717, 1.165) is 12.1 Å². The van der Waals surface area contributed by atoms with Crippen LogP contribution in [-0.4, -0.2) is 24.7 Å². The largest absolute Gasteiger partial charge is 0.417 e. The zero-order chi connectivity index (χ0) is 20.1. The van der Waals surface area contributed by atoms with E-state index in [1.54, 1.807) is 6.92 Å².